The van der Waals surface area contributed by atoms with Gasteiger partial charge in [-0.25, -0.2) is 0 Å². The van der Waals surface area contributed by atoms with Crippen LogP contribution in [-0.4, -0.2) is 6.18 Å². The first-order valence-corrected chi connectivity index (χ1v) is 4.42. The van der Waals surface area contributed by atoms with Gasteiger partial charge in [0.2, 0.25) is 0 Å². The second kappa shape index (κ2) is 6.71. The second-order valence-corrected chi connectivity index (χ2v) is 2.77. The van der Waals surface area contributed by atoms with Gasteiger partial charge in [0.15, 0.2) is 0 Å². The smallest absolute Gasteiger partial charge is 0.166 e. The van der Waals surface area contributed by atoms with Gasteiger partial charge in [-0.1, -0.05) is 38.6 Å². The van der Waals surface area contributed by atoms with Crippen molar-refractivity contribution in [1.29, 1.82) is 0 Å². The molecule has 0 aromatic rings. The minimum atomic E-state index is -4.41. The van der Waals surface area contributed by atoms with E-state index in [0.717, 1.165) is 6.08 Å². The number of allylic oxidation sites excluding steroid dienone is 4. The molecule has 4 heteroatoms. The normalized spacial score (nSPS) is 11.5. The van der Waals surface area contributed by atoms with Crippen molar-refractivity contribution in [2.45, 2.75) is 26.9 Å². The SMILES string of the molecule is C=C(Cl)/C=C(\C(=C)C)C(F)(F)F.CC. The summed E-state index contributed by atoms with van der Waals surface area (Å²) in [4.78, 5) is 0. The summed E-state index contributed by atoms with van der Waals surface area (Å²) in [6, 6.07) is 0. The van der Waals surface area contributed by atoms with E-state index in [1.165, 1.54) is 6.92 Å². The molecule has 0 nitrogen and oxygen atoms in total. The monoisotopic (exact) mass is 226 g/mol. The average molecular weight is 227 g/mol. The Kier molecular flexibility index (Phi) is 7.55. The Labute approximate surface area is 87.8 Å². The molecule has 14 heavy (non-hydrogen) atoms. The van der Waals surface area contributed by atoms with E-state index >= 15 is 0 Å². The van der Waals surface area contributed by atoms with E-state index in [4.69, 9.17) is 11.6 Å². The molecule has 0 aliphatic carbocycles. The van der Waals surface area contributed by atoms with Gasteiger partial charge in [0.1, 0.15) is 0 Å². The van der Waals surface area contributed by atoms with Crippen molar-refractivity contribution in [3.63, 3.8) is 0 Å². The Bertz CT molecular complexity index is 236. The molecule has 0 saturated carbocycles. The molecule has 0 spiro atoms. The molecule has 0 aliphatic heterocycles. The predicted molar refractivity (Wildman–Crippen MR) is 55.3 cm³/mol. The fraction of sp³-hybridized carbons (Fsp3) is 0.400. The lowest BCUT2D eigenvalue weighted by Gasteiger charge is -2.10. The highest BCUT2D eigenvalue weighted by atomic mass is 35.5. The fourth-order valence-corrected chi connectivity index (χ4v) is 0.713. The zero-order valence-electron chi connectivity index (χ0n) is 8.50. The second-order valence-electron chi connectivity index (χ2n) is 2.28. The van der Waals surface area contributed by atoms with Crippen LogP contribution in [0.1, 0.15) is 20.8 Å². The Morgan fingerprint density at radius 2 is 1.57 bits per heavy atom. The number of alkyl halides is 3. The first-order valence-electron chi connectivity index (χ1n) is 4.04. The van der Waals surface area contributed by atoms with E-state index in [0.29, 0.717) is 0 Å². The molecule has 0 N–H and O–H groups in total. The third-order valence-corrected chi connectivity index (χ3v) is 1.18. The van der Waals surface area contributed by atoms with Crippen molar-refractivity contribution >= 4 is 11.6 Å². The molecule has 0 heterocycles. The van der Waals surface area contributed by atoms with Gasteiger partial charge in [-0.3, -0.25) is 0 Å². The van der Waals surface area contributed by atoms with Crippen LogP contribution in [0.3, 0.4) is 0 Å². The van der Waals surface area contributed by atoms with Crippen molar-refractivity contribution in [3.8, 4) is 0 Å². The number of hydrogen-bond acceptors (Lipinski definition) is 0. The van der Waals surface area contributed by atoms with Gasteiger partial charge in [-0.2, -0.15) is 13.2 Å². The minimum absolute atomic E-state index is 0.0794. The molecule has 0 unspecified atom stereocenters. The summed E-state index contributed by atoms with van der Waals surface area (Å²) in [6.07, 6.45) is -3.66. The largest absolute Gasteiger partial charge is 0.416 e. The van der Waals surface area contributed by atoms with Gasteiger partial charge in [-0.05, 0) is 18.6 Å². The fourth-order valence-electron chi connectivity index (χ4n) is 0.604. The maximum absolute atomic E-state index is 12.1. The lowest BCUT2D eigenvalue weighted by Crippen LogP contribution is -2.12. The van der Waals surface area contributed by atoms with Crippen molar-refractivity contribution in [2.75, 3.05) is 0 Å². The highest BCUT2D eigenvalue weighted by Gasteiger charge is 2.33. The van der Waals surface area contributed by atoms with Gasteiger partial charge in [0.25, 0.3) is 0 Å². The standard InChI is InChI=1S/C8H8ClF3.C2H6/c1-5(2)7(4-6(3)9)8(10,11)12;1-2/h4H,1,3H2,2H3;1-2H3/b7-4+;. The van der Waals surface area contributed by atoms with Gasteiger partial charge in [-0.15, -0.1) is 0 Å². The number of hydrogen-bond donors (Lipinski definition) is 0. The van der Waals surface area contributed by atoms with Crippen LogP contribution in [0.2, 0.25) is 0 Å². The average Bonchev–Trinajstić information content (AvgIpc) is 2.01. The van der Waals surface area contributed by atoms with Crippen LogP contribution < -0.4 is 0 Å². The topological polar surface area (TPSA) is 0 Å². The molecular weight excluding hydrogens is 213 g/mol. The van der Waals surface area contributed by atoms with Crippen LogP contribution in [0.15, 0.2) is 35.4 Å². The first-order chi connectivity index (χ1) is 6.25. The molecule has 0 aromatic heterocycles. The molecule has 0 rings (SSSR count). The Morgan fingerprint density at radius 3 is 1.64 bits per heavy atom. The zero-order chi connectivity index (χ0) is 11.9. The van der Waals surface area contributed by atoms with E-state index in [9.17, 15) is 13.2 Å². The van der Waals surface area contributed by atoms with E-state index < -0.39 is 11.7 Å². The van der Waals surface area contributed by atoms with Crippen molar-refractivity contribution in [1.82, 2.24) is 0 Å². The van der Waals surface area contributed by atoms with E-state index in [-0.39, 0.29) is 10.6 Å². The molecule has 0 aromatic carbocycles. The molecule has 0 saturated heterocycles. The summed E-state index contributed by atoms with van der Waals surface area (Å²) in [7, 11) is 0. The highest BCUT2D eigenvalue weighted by Crippen LogP contribution is 2.31. The highest BCUT2D eigenvalue weighted by molar-refractivity contribution is 6.30. The number of halogens is 4. The van der Waals surface area contributed by atoms with Gasteiger partial charge in [0, 0.05) is 5.03 Å². The van der Waals surface area contributed by atoms with E-state index in [2.05, 4.69) is 13.2 Å². The van der Waals surface area contributed by atoms with E-state index in [1.54, 1.807) is 0 Å². The maximum atomic E-state index is 12.1. The quantitative estimate of drug-likeness (QED) is 0.592. The summed E-state index contributed by atoms with van der Waals surface area (Å²) in [5.41, 5.74) is -0.924. The number of rotatable bonds is 2. The molecule has 0 bridgehead atoms. The molecule has 0 aliphatic rings. The molecule has 0 atom stereocenters. The van der Waals surface area contributed by atoms with Gasteiger partial charge in [0.05, 0.1) is 5.57 Å². The van der Waals surface area contributed by atoms with Crippen LogP contribution in [0.5, 0.6) is 0 Å². The Morgan fingerprint density at radius 1 is 1.21 bits per heavy atom. The predicted octanol–water partition coefficient (Wildman–Crippen LogP) is 4.83. The third kappa shape index (κ3) is 6.78. The lowest BCUT2D eigenvalue weighted by atomic mass is 10.1. The van der Waals surface area contributed by atoms with Crippen molar-refractivity contribution < 1.29 is 13.2 Å². The molecule has 82 valence electrons. The van der Waals surface area contributed by atoms with Crippen molar-refractivity contribution in [3.05, 3.63) is 35.4 Å². The van der Waals surface area contributed by atoms with Crippen LogP contribution in [0.25, 0.3) is 0 Å². The van der Waals surface area contributed by atoms with Crippen molar-refractivity contribution in [2.24, 2.45) is 0 Å². The third-order valence-electron chi connectivity index (χ3n) is 1.07. The van der Waals surface area contributed by atoms with Crippen LogP contribution in [0, 0.1) is 0 Å². The molecule has 0 fully saturated rings. The van der Waals surface area contributed by atoms with Crippen LogP contribution in [0.4, 0.5) is 13.2 Å². The molecule has 0 amide bonds. The van der Waals surface area contributed by atoms with Gasteiger partial charge >= 0.3 is 6.18 Å². The summed E-state index contributed by atoms with van der Waals surface area (Å²) in [6.45, 7) is 11.6. The molecule has 0 radical (unpaired) electrons. The molecular formula is C10H14ClF3. The first kappa shape index (κ1) is 15.8. The van der Waals surface area contributed by atoms with Gasteiger partial charge < -0.3 is 0 Å². The Balaban J connectivity index is 0. The Hall–Kier alpha value is -0.700. The van der Waals surface area contributed by atoms with Crippen LogP contribution in [-0.2, 0) is 0 Å². The lowest BCUT2D eigenvalue weighted by molar-refractivity contribution is -0.0892. The van der Waals surface area contributed by atoms with E-state index in [1.807, 2.05) is 13.8 Å². The maximum Gasteiger partial charge on any atom is 0.416 e. The summed E-state index contributed by atoms with van der Waals surface area (Å²) < 4.78 is 36.3. The summed E-state index contributed by atoms with van der Waals surface area (Å²) in [5, 5.41) is -0.162. The van der Waals surface area contributed by atoms with Crippen LogP contribution >= 0.6 is 11.6 Å². The summed E-state index contributed by atoms with van der Waals surface area (Å²) in [5.74, 6) is 0. The summed E-state index contributed by atoms with van der Waals surface area (Å²) >= 11 is 5.21. The minimum Gasteiger partial charge on any atom is -0.166 e. The zero-order valence-corrected chi connectivity index (χ0v) is 9.26.